The van der Waals surface area contributed by atoms with Gasteiger partial charge in [0.05, 0.1) is 17.4 Å². The Labute approximate surface area is 119 Å². The summed E-state index contributed by atoms with van der Waals surface area (Å²) in [6, 6.07) is 1.58. The highest BCUT2D eigenvalue weighted by Gasteiger charge is 2.21. The highest BCUT2D eigenvalue weighted by Crippen LogP contribution is 2.11. The molecule has 0 fully saturated rings. The summed E-state index contributed by atoms with van der Waals surface area (Å²) in [6.07, 6.45) is 3.59. The van der Waals surface area contributed by atoms with E-state index in [1.165, 1.54) is 13.2 Å². The molecule has 20 heavy (non-hydrogen) atoms. The van der Waals surface area contributed by atoms with Gasteiger partial charge in [0.1, 0.15) is 0 Å². The van der Waals surface area contributed by atoms with Gasteiger partial charge in [-0.15, -0.1) is 0 Å². The molecule has 112 valence electrons. The fraction of sp³-hybridized carbons (Fsp3) is 0.500. The van der Waals surface area contributed by atoms with Crippen molar-refractivity contribution in [2.24, 2.45) is 0 Å². The van der Waals surface area contributed by atoms with Crippen LogP contribution >= 0.6 is 0 Å². The van der Waals surface area contributed by atoms with Crippen molar-refractivity contribution in [1.82, 2.24) is 14.0 Å². The number of nitrogens with one attached hydrogen (secondary N) is 1. The molecule has 1 aromatic heterocycles. The number of pyridine rings is 1. The molecule has 0 aromatic carbocycles. The molecular weight excluding hydrogens is 280 g/mol. The zero-order chi connectivity index (χ0) is 15.3. The van der Waals surface area contributed by atoms with Crippen molar-refractivity contribution in [3.8, 4) is 0 Å². The van der Waals surface area contributed by atoms with Gasteiger partial charge >= 0.3 is 10.2 Å². The molecule has 1 N–H and O–H groups in total. The first-order valence-corrected chi connectivity index (χ1v) is 7.62. The molecule has 1 heterocycles. The van der Waals surface area contributed by atoms with Gasteiger partial charge in [-0.2, -0.15) is 12.7 Å². The molecule has 1 rings (SSSR count). The average Bonchev–Trinajstić information content (AvgIpc) is 2.38. The first-order chi connectivity index (χ1) is 9.27. The van der Waals surface area contributed by atoms with Crippen molar-refractivity contribution in [3.05, 3.63) is 24.0 Å². The highest BCUT2D eigenvalue weighted by atomic mass is 32.2. The van der Waals surface area contributed by atoms with Crippen molar-refractivity contribution < 1.29 is 13.2 Å². The lowest BCUT2D eigenvalue weighted by molar-refractivity contribution is 0.0979. The standard InChI is InChI=1S/C12H20N4O3S/c1-5-6-16(4)20(18,19)14-12(17)10-7-11(15(2)3)9-13-8-10/h7-9H,5-6H2,1-4H3,(H,14,17). The Morgan fingerprint density at radius 1 is 1.30 bits per heavy atom. The fourth-order valence-corrected chi connectivity index (χ4v) is 2.42. The fourth-order valence-electron chi connectivity index (χ4n) is 1.49. The van der Waals surface area contributed by atoms with Gasteiger partial charge in [-0.1, -0.05) is 6.92 Å². The minimum absolute atomic E-state index is 0.199. The van der Waals surface area contributed by atoms with Gasteiger partial charge in [0.15, 0.2) is 0 Å². The molecule has 0 saturated carbocycles. The van der Waals surface area contributed by atoms with E-state index >= 15 is 0 Å². The molecular formula is C12H20N4O3S. The van der Waals surface area contributed by atoms with Crippen LogP contribution in [0.15, 0.2) is 18.5 Å². The highest BCUT2D eigenvalue weighted by molar-refractivity contribution is 7.87. The monoisotopic (exact) mass is 300 g/mol. The lowest BCUT2D eigenvalue weighted by Gasteiger charge is -2.17. The van der Waals surface area contributed by atoms with Gasteiger partial charge in [-0.25, -0.2) is 4.72 Å². The van der Waals surface area contributed by atoms with E-state index in [1.807, 2.05) is 25.7 Å². The molecule has 1 amide bonds. The predicted octanol–water partition coefficient (Wildman–Crippen LogP) is 0.464. The number of carbonyl (C=O) groups is 1. The van der Waals surface area contributed by atoms with Crippen molar-refractivity contribution in [2.45, 2.75) is 13.3 Å². The van der Waals surface area contributed by atoms with Gasteiger partial charge in [0, 0.05) is 33.9 Å². The molecule has 0 saturated heterocycles. The van der Waals surface area contributed by atoms with Crippen LogP contribution in [0.5, 0.6) is 0 Å². The Morgan fingerprint density at radius 2 is 1.95 bits per heavy atom. The maximum Gasteiger partial charge on any atom is 0.303 e. The van der Waals surface area contributed by atoms with Crippen LogP contribution in [0.2, 0.25) is 0 Å². The van der Waals surface area contributed by atoms with Crippen molar-refractivity contribution in [2.75, 3.05) is 32.6 Å². The maximum atomic E-state index is 12.0. The molecule has 8 heteroatoms. The summed E-state index contributed by atoms with van der Waals surface area (Å²) < 4.78 is 26.9. The molecule has 0 atom stereocenters. The summed E-state index contributed by atoms with van der Waals surface area (Å²) in [5.74, 6) is -0.691. The van der Waals surface area contributed by atoms with E-state index in [2.05, 4.69) is 4.98 Å². The third-order valence-corrected chi connectivity index (χ3v) is 4.12. The molecule has 0 bridgehead atoms. The summed E-state index contributed by atoms with van der Waals surface area (Å²) in [4.78, 5) is 17.7. The minimum Gasteiger partial charge on any atom is -0.376 e. The Morgan fingerprint density at radius 3 is 2.50 bits per heavy atom. The number of rotatable bonds is 6. The summed E-state index contributed by atoms with van der Waals surface area (Å²) in [6.45, 7) is 2.21. The van der Waals surface area contributed by atoms with E-state index in [9.17, 15) is 13.2 Å². The van der Waals surface area contributed by atoms with Crippen LogP contribution in [0, 0.1) is 0 Å². The summed E-state index contributed by atoms with van der Waals surface area (Å²) in [5, 5.41) is 0. The number of anilines is 1. The van der Waals surface area contributed by atoms with Crippen LogP contribution in [0.1, 0.15) is 23.7 Å². The smallest absolute Gasteiger partial charge is 0.303 e. The molecule has 7 nitrogen and oxygen atoms in total. The maximum absolute atomic E-state index is 12.0. The second-order valence-electron chi connectivity index (χ2n) is 4.58. The Hall–Kier alpha value is -1.67. The number of aromatic nitrogens is 1. The van der Waals surface area contributed by atoms with Crippen LogP contribution in [0.25, 0.3) is 0 Å². The topological polar surface area (TPSA) is 82.6 Å². The Bertz CT molecular complexity index is 572. The first kappa shape index (κ1) is 16.4. The number of nitrogens with zero attached hydrogens (tertiary/aromatic N) is 3. The number of amides is 1. The summed E-state index contributed by atoms with van der Waals surface area (Å²) in [5.41, 5.74) is 0.918. The molecule has 0 aliphatic carbocycles. The van der Waals surface area contributed by atoms with E-state index in [1.54, 1.807) is 17.2 Å². The average molecular weight is 300 g/mol. The normalized spacial score (nSPS) is 11.4. The van der Waals surface area contributed by atoms with E-state index in [0.717, 1.165) is 9.99 Å². The predicted molar refractivity (Wildman–Crippen MR) is 77.9 cm³/mol. The number of carbonyl (C=O) groups excluding carboxylic acids is 1. The quantitative estimate of drug-likeness (QED) is 0.825. The van der Waals surface area contributed by atoms with Crippen molar-refractivity contribution in [1.29, 1.82) is 0 Å². The zero-order valence-corrected chi connectivity index (χ0v) is 12.9. The van der Waals surface area contributed by atoms with Crippen LogP contribution in [0.4, 0.5) is 5.69 Å². The SMILES string of the molecule is CCCN(C)S(=O)(=O)NC(=O)c1cncc(N(C)C)c1. The van der Waals surface area contributed by atoms with Gasteiger partial charge < -0.3 is 4.90 Å². The Balaban J connectivity index is 2.89. The van der Waals surface area contributed by atoms with E-state index in [4.69, 9.17) is 0 Å². The molecule has 0 radical (unpaired) electrons. The lowest BCUT2D eigenvalue weighted by atomic mass is 10.2. The van der Waals surface area contributed by atoms with E-state index in [0.29, 0.717) is 13.0 Å². The molecule has 0 aliphatic rings. The van der Waals surface area contributed by atoms with Gasteiger partial charge in [0.25, 0.3) is 5.91 Å². The molecule has 0 spiro atoms. The van der Waals surface area contributed by atoms with Gasteiger partial charge in [-0.05, 0) is 12.5 Å². The van der Waals surface area contributed by atoms with Crippen molar-refractivity contribution in [3.63, 3.8) is 0 Å². The summed E-state index contributed by atoms with van der Waals surface area (Å²) >= 11 is 0. The largest absolute Gasteiger partial charge is 0.376 e. The molecule has 1 aromatic rings. The third kappa shape index (κ3) is 4.17. The van der Waals surface area contributed by atoms with E-state index < -0.39 is 16.1 Å². The number of hydrogen-bond acceptors (Lipinski definition) is 5. The first-order valence-electron chi connectivity index (χ1n) is 6.18. The van der Waals surface area contributed by atoms with Gasteiger partial charge in [-0.3, -0.25) is 9.78 Å². The second-order valence-corrected chi connectivity index (χ2v) is 6.36. The van der Waals surface area contributed by atoms with Crippen molar-refractivity contribution >= 4 is 21.8 Å². The summed E-state index contributed by atoms with van der Waals surface area (Å²) in [7, 11) is 1.23. The number of hydrogen-bond donors (Lipinski definition) is 1. The Kier molecular flexibility index (Phi) is 5.46. The van der Waals surface area contributed by atoms with Crippen LogP contribution in [-0.4, -0.2) is 51.3 Å². The molecule has 0 unspecified atom stereocenters. The van der Waals surface area contributed by atoms with Gasteiger partial charge in [0.2, 0.25) is 0 Å². The third-order valence-electron chi connectivity index (χ3n) is 2.67. The molecule has 0 aliphatic heterocycles. The lowest BCUT2D eigenvalue weighted by Crippen LogP contribution is -2.41. The van der Waals surface area contributed by atoms with Crippen LogP contribution in [0.3, 0.4) is 0 Å². The zero-order valence-electron chi connectivity index (χ0n) is 12.1. The minimum atomic E-state index is -3.81. The van der Waals surface area contributed by atoms with Crippen LogP contribution < -0.4 is 9.62 Å². The van der Waals surface area contributed by atoms with Crippen LogP contribution in [-0.2, 0) is 10.2 Å². The second kappa shape index (κ2) is 6.67. The van der Waals surface area contributed by atoms with E-state index in [-0.39, 0.29) is 5.56 Å².